The zero-order valence-corrected chi connectivity index (χ0v) is 7.99. The van der Waals surface area contributed by atoms with Gasteiger partial charge in [0.2, 0.25) is 0 Å². The standard InChI is InChI=1S/C8H11N3OS/c9-8(13)11-7(12)5-3-1-2-4-6(5)10-11/h10H,1-4H2,(H2,9,13). The number of hydrogen-bond donors (Lipinski definition) is 2. The third-order valence-electron chi connectivity index (χ3n) is 2.40. The molecule has 0 saturated heterocycles. The number of nitrogens with one attached hydrogen (secondary N) is 1. The van der Waals surface area contributed by atoms with E-state index in [0.29, 0.717) is 0 Å². The fraction of sp³-hybridized carbons (Fsp3) is 0.500. The van der Waals surface area contributed by atoms with Crippen molar-refractivity contribution in [3.63, 3.8) is 0 Å². The molecule has 4 nitrogen and oxygen atoms in total. The Balaban J connectivity index is 2.57. The van der Waals surface area contributed by atoms with E-state index in [1.807, 2.05) is 0 Å². The molecule has 1 aromatic heterocycles. The van der Waals surface area contributed by atoms with Gasteiger partial charge >= 0.3 is 0 Å². The Kier molecular flexibility index (Phi) is 1.95. The highest BCUT2D eigenvalue weighted by Crippen LogP contribution is 2.15. The third kappa shape index (κ3) is 1.29. The molecule has 0 radical (unpaired) electrons. The van der Waals surface area contributed by atoms with E-state index in [0.717, 1.165) is 36.9 Å². The van der Waals surface area contributed by atoms with E-state index in [2.05, 4.69) is 5.10 Å². The van der Waals surface area contributed by atoms with Gasteiger partial charge in [-0.3, -0.25) is 9.89 Å². The van der Waals surface area contributed by atoms with Crippen molar-refractivity contribution in [2.75, 3.05) is 0 Å². The van der Waals surface area contributed by atoms with Crippen LogP contribution in [-0.2, 0) is 12.8 Å². The maximum absolute atomic E-state index is 11.6. The molecule has 0 atom stereocenters. The fourth-order valence-corrected chi connectivity index (χ4v) is 1.87. The smallest absolute Gasteiger partial charge is 0.276 e. The molecule has 5 heteroatoms. The first-order chi connectivity index (χ1) is 6.20. The highest BCUT2D eigenvalue weighted by atomic mass is 32.1. The van der Waals surface area contributed by atoms with Gasteiger partial charge in [0.25, 0.3) is 5.56 Å². The lowest BCUT2D eigenvalue weighted by Gasteiger charge is -2.07. The minimum absolute atomic E-state index is 0.0674. The Morgan fingerprint density at radius 3 is 2.77 bits per heavy atom. The minimum Gasteiger partial charge on any atom is -0.374 e. The van der Waals surface area contributed by atoms with Gasteiger partial charge in [-0.15, -0.1) is 0 Å². The molecular weight excluding hydrogens is 186 g/mol. The summed E-state index contributed by atoms with van der Waals surface area (Å²) in [7, 11) is 0. The van der Waals surface area contributed by atoms with Crippen LogP contribution in [0, 0.1) is 0 Å². The lowest BCUT2D eigenvalue weighted by molar-refractivity contribution is 0.672. The van der Waals surface area contributed by atoms with Crippen molar-refractivity contribution in [3.05, 3.63) is 21.6 Å². The van der Waals surface area contributed by atoms with Crippen LogP contribution in [0.5, 0.6) is 0 Å². The number of aryl methyl sites for hydroxylation is 1. The first-order valence-corrected chi connectivity index (χ1v) is 4.73. The van der Waals surface area contributed by atoms with Gasteiger partial charge in [0.15, 0.2) is 5.11 Å². The molecule has 0 spiro atoms. The molecule has 13 heavy (non-hydrogen) atoms. The van der Waals surface area contributed by atoms with Crippen molar-refractivity contribution in [1.82, 2.24) is 9.78 Å². The second-order valence-electron chi connectivity index (χ2n) is 3.25. The van der Waals surface area contributed by atoms with E-state index in [-0.39, 0.29) is 10.7 Å². The Hall–Kier alpha value is -1.10. The predicted molar refractivity (Wildman–Crippen MR) is 53.9 cm³/mol. The van der Waals surface area contributed by atoms with Crippen molar-refractivity contribution < 1.29 is 0 Å². The Morgan fingerprint density at radius 1 is 1.46 bits per heavy atom. The highest BCUT2D eigenvalue weighted by molar-refractivity contribution is 7.80. The first kappa shape index (κ1) is 8.50. The summed E-state index contributed by atoms with van der Waals surface area (Å²) in [6.45, 7) is 0. The Bertz CT molecular complexity index is 404. The summed E-state index contributed by atoms with van der Waals surface area (Å²) in [6.07, 6.45) is 3.99. The monoisotopic (exact) mass is 197 g/mol. The van der Waals surface area contributed by atoms with Crippen LogP contribution in [0.1, 0.15) is 24.1 Å². The second kappa shape index (κ2) is 2.99. The quantitative estimate of drug-likeness (QED) is 0.582. The number of aromatic nitrogens is 2. The molecule has 1 aliphatic rings. The van der Waals surface area contributed by atoms with Crippen molar-refractivity contribution in [3.8, 4) is 0 Å². The molecule has 0 unspecified atom stereocenters. The molecule has 3 N–H and O–H groups in total. The van der Waals surface area contributed by atoms with Crippen LogP contribution >= 0.6 is 12.2 Å². The molecule has 0 aliphatic heterocycles. The van der Waals surface area contributed by atoms with E-state index >= 15 is 0 Å². The fourth-order valence-electron chi connectivity index (χ4n) is 1.74. The number of nitrogens with zero attached hydrogens (tertiary/aromatic N) is 1. The zero-order chi connectivity index (χ0) is 9.42. The molecule has 0 bridgehead atoms. The maximum Gasteiger partial charge on any atom is 0.276 e. The number of thiocarbonyl (C=S) groups is 1. The summed E-state index contributed by atoms with van der Waals surface area (Å²) in [5.74, 6) is 0. The van der Waals surface area contributed by atoms with Crippen LogP contribution in [0.15, 0.2) is 4.79 Å². The van der Waals surface area contributed by atoms with Crippen molar-refractivity contribution in [2.45, 2.75) is 25.7 Å². The third-order valence-corrected chi connectivity index (χ3v) is 2.58. The van der Waals surface area contributed by atoms with Crippen LogP contribution in [0.25, 0.3) is 0 Å². The number of H-pyrrole nitrogens is 1. The Morgan fingerprint density at radius 2 is 2.15 bits per heavy atom. The SMILES string of the molecule is NC(=S)n1[nH]c2c(c1=O)CCCC2. The van der Waals surface area contributed by atoms with E-state index < -0.39 is 0 Å². The summed E-state index contributed by atoms with van der Waals surface area (Å²) in [5.41, 5.74) is 7.19. The van der Waals surface area contributed by atoms with Crippen molar-refractivity contribution >= 4 is 17.3 Å². The van der Waals surface area contributed by atoms with Crippen molar-refractivity contribution in [1.29, 1.82) is 0 Å². The number of aromatic amines is 1. The van der Waals surface area contributed by atoms with Crippen LogP contribution in [0.4, 0.5) is 0 Å². The molecular formula is C8H11N3OS. The van der Waals surface area contributed by atoms with Gasteiger partial charge in [-0.05, 0) is 37.9 Å². The van der Waals surface area contributed by atoms with Gasteiger partial charge < -0.3 is 5.73 Å². The number of hydrogen-bond acceptors (Lipinski definition) is 2. The van der Waals surface area contributed by atoms with Crippen LogP contribution in [-0.4, -0.2) is 14.9 Å². The van der Waals surface area contributed by atoms with Gasteiger partial charge in [-0.1, -0.05) is 0 Å². The van der Waals surface area contributed by atoms with Crippen molar-refractivity contribution in [2.24, 2.45) is 5.73 Å². The van der Waals surface area contributed by atoms with E-state index in [9.17, 15) is 4.79 Å². The second-order valence-corrected chi connectivity index (χ2v) is 3.67. The molecule has 1 aromatic rings. The molecule has 0 aromatic carbocycles. The van der Waals surface area contributed by atoms with Gasteiger partial charge in [-0.2, -0.15) is 4.68 Å². The predicted octanol–water partition coefficient (Wildman–Crippen LogP) is 0.147. The summed E-state index contributed by atoms with van der Waals surface area (Å²) in [6, 6.07) is 0. The first-order valence-electron chi connectivity index (χ1n) is 4.32. The van der Waals surface area contributed by atoms with Crippen LogP contribution in [0.3, 0.4) is 0 Å². The topological polar surface area (TPSA) is 63.8 Å². The summed E-state index contributed by atoms with van der Waals surface area (Å²) in [4.78, 5) is 11.6. The number of rotatable bonds is 0. The lowest BCUT2D eigenvalue weighted by atomic mass is 9.98. The largest absolute Gasteiger partial charge is 0.374 e. The van der Waals surface area contributed by atoms with E-state index in [4.69, 9.17) is 18.0 Å². The molecule has 70 valence electrons. The van der Waals surface area contributed by atoms with Gasteiger partial charge in [0.05, 0.1) is 0 Å². The molecule has 0 fully saturated rings. The Labute approximate surface area is 80.7 Å². The zero-order valence-electron chi connectivity index (χ0n) is 7.17. The molecule has 0 saturated carbocycles. The summed E-state index contributed by atoms with van der Waals surface area (Å²) < 4.78 is 1.26. The normalized spacial score (nSPS) is 15.4. The molecule has 1 aliphatic carbocycles. The molecule has 1 heterocycles. The van der Waals surface area contributed by atoms with Gasteiger partial charge in [0.1, 0.15) is 0 Å². The van der Waals surface area contributed by atoms with Crippen LogP contribution in [0.2, 0.25) is 0 Å². The number of fused-ring (bicyclic) bond motifs is 1. The van der Waals surface area contributed by atoms with E-state index in [1.54, 1.807) is 0 Å². The highest BCUT2D eigenvalue weighted by Gasteiger charge is 2.17. The minimum atomic E-state index is -0.0674. The van der Waals surface area contributed by atoms with Gasteiger partial charge in [0, 0.05) is 11.3 Å². The van der Waals surface area contributed by atoms with E-state index in [1.165, 1.54) is 4.68 Å². The van der Waals surface area contributed by atoms with Gasteiger partial charge in [-0.25, -0.2) is 0 Å². The average molecular weight is 197 g/mol. The summed E-state index contributed by atoms with van der Waals surface area (Å²) in [5, 5.41) is 3.04. The maximum atomic E-state index is 11.6. The average Bonchev–Trinajstić information content (AvgIpc) is 2.45. The van der Waals surface area contributed by atoms with Crippen LogP contribution < -0.4 is 11.3 Å². The molecule has 2 rings (SSSR count). The summed E-state index contributed by atoms with van der Waals surface area (Å²) >= 11 is 4.75. The molecule has 0 amide bonds. The number of nitrogens with two attached hydrogens (primary N) is 1. The lowest BCUT2D eigenvalue weighted by Crippen LogP contribution is -2.30.